The van der Waals surface area contributed by atoms with Gasteiger partial charge >= 0.3 is 0 Å². The smallest absolute Gasteiger partial charge is 0.271 e. The van der Waals surface area contributed by atoms with Crippen molar-refractivity contribution in [1.82, 2.24) is 9.80 Å². The van der Waals surface area contributed by atoms with Crippen LogP contribution in [0.5, 0.6) is 0 Å². The fraction of sp³-hybridized carbons (Fsp3) is 0.222. The summed E-state index contributed by atoms with van der Waals surface area (Å²) in [6.45, 7) is 0. The first-order valence-electron chi connectivity index (χ1n) is 7.52. The number of rotatable bonds is 3. The van der Waals surface area contributed by atoms with Crippen molar-refractivity contribution in [2.24, 2.45) is 0 Å². The molecule has 1 aromatic carbocycles. The average Bonchev–Trinajstić information content (AvgIpc) is 3.08. The number of halogens is 1. The Morgan fingerprint density at radius 2 is 1.92 bits per heavy atom. The monoisotopic (exact) mass is 452 g/mol. The molecular formula is C18H17IN2O2S. The maximum atomic E-state index is 12.8. The van der Waals surface area contributed by atoms with Gasteiger partial charge in [-0.3, -0.25) is 9.59 Å². The van der Waals surface area contributed by atoms with Gasteiger partial charge in [-0.25, -0.2) is 0 Å². The molecule has 2 heterocycles. The summed E-state index contributed by atoms with van der Waals surface area (Å²) in [4.78, 5) is 29.7. The van der Waals surface area contributed by atoms with Crippen molar-refractivity contribution >= 4 is 51.8 Å². The summed E-state index contributed by atoms with van der Waals surface area (Å²) in [5, 5.41) is 1.98. The molecule has 0 N–H and O–H groups in total. The largest absolute Gasteiger partial charge is 0.328 e. The van der Waals surface area contributed by atoms with Crippen molar-refractivity contribution in [2.45, 2.75) is 12.5 Å². The maximum Gasteiger partial charge on any atom is 0.271 e. The first-order chi connectivity index (χ1) is 11.5. The van der Waals surface area contributed by atoms with E-state index in [-0.39, 0.29) is 11.8 Å². The summed E-state index contributed by atoms with van der Waals surface area (Å²) in [6, 6.07) is 11.3. The van der Waals surface area contributed by atoms with Crippen LogP contribution in [0.4, 0.5) is 0 Å². The van der Waals surface area contributed by atoms with Gasteiger partial charge in [0.25, 0.3) is 5.91 Å². The van der Waals surface area contributed by atoms with Crippen LogP contribution in [0.1, 0.15) is 10.4 Å². The summed E-state index contributed by atoms with van der Waals surface area (Å²) in [5.74, 6) is -0.180. The summed E-state index contributed by atoms with van der Waals surface area (Å²) >= 11 is 3.83. The van der Waals surface area contributed by atoms with Crippen LogP contribution in [0, 0.1) is 3.57 Å². The molecule has 6 heteroatoms. The number of nitrogens with zero attached hydrogens (tertiary/aromatic N) is 2. The number of hydrogen-bond donors (Lipinski definition) is 0. The van der Waals surface area contributed by atoms with Gasteiger partial charge in [-0.2, -0.15) is 0 Å². The van der Waals surface area contributed by atoms with Crippen molar-refractivity contribution in [3.8, 4) is 0 Å². The van der Waals surface area contributed by atoms with Crippen LogP contribution in [-0.2, 0) is 16.0 Å². The number of carbonyl (C=O) groups excluding carboxylic acids is 2. The molecule has 1 saturated heterocycles. The van der Waals surface area contributed by atoms with E-state index in [9.17, 15) is 9.59 Å². The van der Waals surface area contributed by atoms with Crippen LogP contribution in [0.3, 0.4) is 0 Å². The Morgan fingerprint density at radius 3 is 2.58 bits per heavy atom. The molecule has 3 rings (SSSR count). The van der Waals surface area contributed by atoms with Crippen LogP contribution in [0.15, 0.2) is 47.5 Å². The Balaban J connectivity index is 1.91. The Morgan fingerprint density at radius 1 is 1.17 bits per heavy atom. The molecule has 1 aliphatic heterocycles. The highest BCUT2D eigenvalue weighted by Gasteiger charge is 2.39. The molecule has 1 aliphatic rings. The molecule has 1 atom stereocenters. The Kier molecular flexibility index (Phi) is 5.05. The lowest BCUT2D eigenvalue weighted by Gasteiger charge is -2.38. The van der Waals surface area contributed by atoms with Gasteiger partial charge in [0.2, 0.25) is 5.91 Å². The standard InChI is InChI=1S/C18H17IN2O2S/c1-20-15(10-12-6-3-4-8-14(12)19)17(22)21(2)16(18(20)23)11-13-7-5-9-24-13/h3-10,16H,11H2,1-2H3. The zero-order valence-corrected chi connectivity index (χ0v) is 16.4. The minimum atomic E-state index is -0.451. The summed E-state index contributed by atoms with van der Waals surface area (Å²) in [6.07, 6.45) is 2.35. The van der Waals surface area contributed by atoms with Crippen LogP contribution >= 0.6 is 33.9 Å². The normalized spacial score (nSPS) is 20.1. The number of benzene rings is 1. The Bertz CT molecular complexity index is 801. The lowest BCUT2D eigenvalue weighted by atomic mass is 10.0. The van der Waals surface area contributed by atoms with Gasteiger partial charge in [-0.1, -0.05) is 24.3 Å². The molecule has 124 valence electrons. The zero-order valence-electron chi connectivity index (χ0n) is 13.4. The molecule has 1 unspecified atom stereocenters. The second kappa shape index (κ2) is 7.06. The second-order valence-corrected chi connectivity index (χ2v) is 7.86. The zero-order chi connectivity index (χ0) is 17.3. The Labute approximate surface area is 158 Å². The van der Waals surface area contributed by atoms with E-state index >= 15 is 0 Å². The fourth-order valence-corrected chi connectivity index (χ4v) is 4.00. The molecule has 0 aliphatic carbocycles. The number of hydrogen-bond acceptors (Lipinski definition) is 3. The second-order valence-electron chi connectivity index (χ2n) is 5.66. The number of piperazine rings is 1. The van der Waals surface area contributed by atoms with Crippen molar-refractivity contribution in [1.29, 1.82) is 0 Å². The van der Waals surface area contributed by atoms with E-state index in [0.29, 0.717) is 12.1 Å². The number of likely N-dealkylation sites (N-methyl/N-ethyl adjacent to an activating group) is 2. The fourth-order valence-electron chi connectivity index (χ4n) is 2.72. The van der Waals surface area contributed by atoms with E-state index in [2.05, 4.69) is 22.6 Å². The van der Waals surface area contributed by atoms with Gasteiger partial charge in [0, 0.05) is 29.0 Å². The molecule has 24 heavy (non-hydrogen) atoms. The van der Waals surface area contributed by atoms with E-state index in [1.165, 1.54) is 4.90 Å². The minimum Gasteiger partial charge on any atom is -0.328 e. The summed E-state index contributed by atoms with van der Waals surface area (Å²) in [7, 11) is 3.38. The van der Waals surface area contributed by atoms with Crippen LogP contribution in [0.25, 0.3) is 6.08 Å². The van der Waals surface area contributed by atoms with E-state index in [1.54, 1.807) is 36.4 Å². The molecule has 2 aromatic rings. The lowest BCUT2D eigenvalue weighted by Crippen LogP contribution is -2.56. The highest BCUT2D eigenvalue weighted by molar-refractivity contribution is 14.1. The number of carbonyl (C=O) groups is 2. The van der Waals surface area contributed by atoms with Crippen molar-refractivity contribution in [2.75, 3.05) is 14.1 Å². The minimum absolute atomic E-state index is 0.0531. The molecule has 0 spiro atoms. The van der Waals surface area contributed by atoms with E-state index in [0.717, 1.165) is 14.0 Å². The predicted molar refractivity (Wildman–Crippen MR) is 104 cm³/mol. The quantitative estimate of drug-likeness (QED) is 0.530. The van der Waals surface area contributed by atoms with Gasteiger partial charge in [-0.05, 0) is 51.7 Å². The topological polar surface area (TPSA) is 40.6 Å². The van der Waals surface area contributed by atoms with Crippen LogP contribution < -0.4 is 0 Å². The van der Waals surface area contributed by atoms with Gasteiger partial charge in [0.1, 0.15) is 11.7 Å². The SMILES string of the molecule is CN1C(=O)C(Cc2cccs2)N(C)C(=O)C1=Cc1ccccc1I. The molecular weight excluding hydrogens is 435 g/mol. The van der Waals surface area contributed by atoms with E-state index in [4.69, 9.17) is 0 Å². The molecule has 2 amide bonds. The number of amides is 2. The highest BCUT2D eigenvalue weighted by atomic mass is 127. The molecule has 0 radical (unpaired) electrons. The van der Waals surface area contributed by atoms with E-state index in [1.807, 2.05) is 41.8 Å². The van der Waals surface area contributed by atoms with Gasteiger partial charge in [0.05, 0.1) is 0 Å². The third-order valence-corrected chi connectivity index (χ3v) is 6.04. The van der Waals surface area contributed by atoms with Gasteiger partial charge in [-0.15, -0.1) is 11.3 Å². The first kappa shape index (κ1) is 17.2. The predicted octanol–water partition coefficient (Wildman–Crippen LogP) is 3.24. The number of thiophene rings is 1. The molecule has 4 nitrogen and oxygen atoms in total. The maximum absolute atomic E-state index is 12.8. The van der Waals surface area contributed by atoms with Crippen LogP contribution in [0.2, 0.25) is 0 Å². The van der Waals surface area contributed by atoms with Gasteiger partial charge < -0.3 is 9.80 Å². The molecule has 1 aromatic heterocycles. The van der Waals surface area contributed by atoms with Gasteiger partial charge in [0.15, 0.2) is 0 Å². The third-order valence-electron chi connectivity index (χ3n) is 4.16. The first-order valence-corrected chi connectivity index (χ1v) is 9.48. The van der Waals surface area contributed by atoms with Crippen LogP contribution in [-0.4, -0.2) is 41.8 Å². The molecule has 0 saturated carbocycles. The lowest BCUT2D eigenvalue weighted by molar-refractivity contribution is -0.148. The highest BCUT2D eigenvalue weighted by Crippen LogP contribution is 2.25. The van der Waals surface area contributed by atoms with E-state index < -0.39 is 6.04 Å². The van der Waals surface area contributed by atoms with Crippen molar-refractivity contribution in [3.05, 3.63) is 61.5 Å². The summed E-state index contributed by atoms with van der Waals surface area (Å²) < 4.78 is 1.04. The molecule has 1 fully saturated rings. The summed E-state index contributed by atoms with van der Waals surface area (Å²) in [5.41, 5.74) is 1.35. The third kappa shape index (κ3) is 3.25. The van der Waals surface area contributed by atoms with Crippen molar-refractivity contribution < 1.29 is 9.59 Å². The Hall–Kier alpha value is -1.67. The molecule has 0 bridgehead atoms. The van der Waals surface area contributed by atoms with Crippen molar-refractivity contribution in [3.63, 3.8) is 0 Å². The average molecular weight is 452 g/mol.